The van der Waals surface area contributed by atoms with Gasteiger partial charge in [0.25, 0.3) is 0 Å². The minimum Gasteiger partial charge on any atom is -0.508 e. The predicted octanol–water partition coefficient (Wildman–Crippen LogP) is 2.51. The van der Waals surface area contributed by atoms with Gasteiger partial charge in [0, 0.05) is 17.2 Å². The van der Waals surface area contributed by atoms with E-state index >= 15 is 0 Å². The number of hydrogen-bond acceptors (Lipinski definition) is 5. The van der Waals surface area contributed by atoms with Gasteiger partial charge in [0.15, 0.2) is 0 Å². The summed E-state index contributed by atoms with van der Waals surface area (Å²) in [5.74, 6) is -1.79. The van der Waals surface area contributed by atoms with E-state index < -0.39 is 12.0 Å². The third kappa shape index (κ3) is 3.37. The SMILES string of the molecule is CCN[C@H](C(=O)O)c1cc(O)cc(O)c1-c1cc(C)ccc1O. The number of carboxylic acids is 1. The molecule has 0 bridgehead atoms. The minimum atomic E-state index is -1.15. The molecule has 6 nitrogen and oxygen atoms in total. The number of likely N-dealkylation sites (N-methyl/N-ethyl adjacent to an activating group) is 1. The molecule has 0 saturated heterocycles. The molecule has 0 aliphatic rings. The standard InChI is InChI=1S/C17H19NO5/c1-3-18-16(17(22)23)12-7-10(19)8-14(21)15(12)11-6-9(2)4-5-13(11)20/h4-8,16,18-21H,3H2,1-2H3,(H,22,23)/t16-/m0/s1. The van der Waals surface area contributed by atoms with E-state index in [9.17, 15) is 25.2 Å². The van der Waals surface area contributed by atoms with E-state index in [1.54, 1.807) is 19.1 Å². The fourth-order valence-corrected chi connectivity index (χ4v) is 2.54. The first-order valence-electron chi connectivity index (χ1n) is 7.17. The number of carbonyl (C=O) groups is 1. The zero-order valence-corrected chi connectivity index (χ0v) is 12.9. The molecule has 0 saturated carbocycles. The quantitative estimate of drug-likeness (QED) is 0.579. The molecule has 2 aromatic carbocycles. The van der Waals surface area contributed by atoms with E-state index in [-0.39, 0.29) is 28.4 Å². The number of aromatic hydroxyl groups is 3. The van der Waals surface area contributed by atoms with Crippen molar-refractivity contribution < 1.29 is 25.2 Å². The van der Waals surface area contributed by atoms with Gasteiger partial charge in [-0.1, -0.05) is 18.6 Å². The monoisotopic (exact) mass is 317 g/mol. The van der Waals surface area contributed by atoms with Gasteiger partial charge in [0.1, 0.15) is 23.3 Å². The number of aryl methyl sites for hydroxylation is 1. The lowest BCUT2D eigenvalue weighted by Crippen LogP contribution is -2.28. The highest BCUT2D eigenvalue weighted by molar-refractivity contribution is 5.86. The molecule has 5 N–H and O–H groups in total. The zero-order chi connectivity index (χ0) is 17.1. The van der Waals surface area contributed by atoms with Gasteiger partial charge in [-0.05, 0) is 37.2 Å². The van der Waals surface area contributed by atoms with Gasteiger partial charge in [-0.3, -0.25) is 4.79 Å². The van der Waals surface area contributed by atoms with E-state index in [4.69, 9.17) is 0 Å². The average Bonchev–Trinajstić information content (AvgIpc) is 2.46. The van der Waals surface area contributed by atoms with Crippen LogP contribution in [-0.2, 0) is 4.79 Å². The lowest BCUT2D eigenvalue weighted by molar-refractivity contribution is -0.139. The van der Waals surface area contributed by atoms with E-state index in [0.717, 1.165) is 11.6 Å². The van der Waals surface area contributed by atoms with Crippen molar-refractivity contribution in [3.8, 4) is 28.4 Å². The lowest BCUT2D eigenvalue weighted by Gasteiger charge is -2.20. The molecule has 6 heteroatoms. The molecule has 0 amide bonds. The summed E-state index contributed by atoms with van der Waals surface area (Å²) >= 11 is 0. The van der Waals surface area contributed by atoms with Gasteiger partial charge in [-0.25, -0.2) is 0 Å². The lowest BCUT2D eigenvalue weighted by atomic mass is 9.92. The Morgan fingerprint density at radius 1 is 1.13 bits per heavy atom. The van der Waals surface area contributed by atoms with Crippen LogP contribution in [0.3, 0.4) is 0 Å². The van der Waals surface area contributed by atoms with Crippen molar-refractivity contribution in [2.24, 2.45) is 0 Å². The molecule has 0 radical (unpaired) electrons. The molecule has 0 spiro atoms. The molecule has 122 valence electrons. The van der Waals surface area contributed by atoms with Crippen LogP contribution in [0.4, 0.5) is 0 Å². The molecule has 0 aliphatic carbocycles. The molecule has 0 aromatic heterocycles. The highest BCUT2D eigenvalue weighted by atomic mass is 16.4. The summed E-state index contributed by atoms with van der Waals surface area (Å²) in [6, 6.07) is 6.09. The van der Waals surface area contributed by atoms with Crippen LogP contribution in [0.2, 0.25) is 0 Å². The second-order valence-corrected chi connectivity index (χ2v) is 5.28. The van der Waals surface area contributed by atoms with Crippen molar-refractivity contribution in [1.29, 1.82) is 0 Å². The Hall–Kier alpha value is -2.73. The van der Waals surface area contributed by atoms with Gasteiger partial charge >= 0.3 is 5.97 Å². The van der Waals surface area contributed by atoms with Crippen LogP contribution in [0.15, 0.2) is 30.3 Å². The third-order valence-corrected chi connectivity index (χ3v) is 3.52. The highest BCUT2D eigenvalue weighted by Crippen LogP contribution is 2.42. The molecule has 2 aromatic rings. The number of carboxylic acid groups (broad SMARTS) is 1. The van der Waals surface area contributed by atoms with Crippen molar-refractivity contribution in [3.63, 3.8) is 0 Å². The van der Waals surface area contributed by atoms with E-state index in [1.165, 1.54) is 12.1 Å². The second-order valence-electron chi connectivity index (χ2n) is 5.28. The molecule has 1 atom stereocenters. The fourth-order valence-electron chi connectivity index (χ4n) is 2.54. The van der Waals surface area contributed by atoms with Crippen LogP contribution >= 0.6 is 0 Å². The van der Waals surface area contributed by atoms with Crippen LogP contribution in [0.5, 0.6) is 17.2 Å². The molecule has 23 heavy (non-hydrogen) atoms. The van der Waals surface area contributed by atoms with Crippen molar-refractivity contribution in [2.75, 3.05) is 6.54 Å². The summed E-state index contributed by atoms with van der Waals surface area (Å²) in [4.78, 5) is 11.6. The first-order valence-corrected chi connectivity index (χ1v) is 7.17. The summed E-state index contributed by atoms with van der Waals surface area (Å²) in [6.45, 7) is 3.95. The summed E-state index contributed by atoms with van der Waals surface area (Å²) in [5.41, 5.74) is 1.50. The molecule has 0 heterocycles. The Bertz CT molecular complexity index is 742. The third-order valence-electron chi connectivity index (χ3n) is 3.52. The number of phenolic OH excluding ortho intramolecular Hbond substituents is 3. The highest BCUT2D eigenvalue weighted by Gasteiger charge is 2.26. The summed E-state index contributed by atoms with van der Waals surface area (Å²) in [6.07, 6.45) is 0. The Balaban J connectivity index is 2.76. The maximum atomic E-state index is 11.6. The van der Waals surface area contributed by atoms with E-state index in [0.29, 0.717) is 12.1 Å². The molecular formula is C17H19NO5. The topological polar surface area (TPSA) is 110 Å². The van der Waals surface area contributed by atoms with E-state index in [1.807, 2.05) is 6.92 Å². The summed E-state index contributed by atoms with van der Waals surface area (Å²) in [7, 11) is 0. The van der Waals surface area contributed by atoms with Crippen LogP contribution in [0, 0.1) is 6.92 Å². The molecule has 0 unspecified atom stereocenters. The number of benzene rings is 2. The average molecular weight is 317 g/mol. The fraction of sp³-hybridized carbons (Fsp3) is 0.235. The van der Waals surface area contributed by atoms with Gasteiger partial charge < -0.3 is 25.7 Å². The second kappa shape index (κ2) is 6.58. The first-order chi connectivity index (χ1) is 10.8. The normalized spacial score (nSPS) is 12.1. The maximum absolute atomic E-state index is 11.6. The van der Waals surface area contributed by atoms with Crippen LogP contribution < -0.4 is 5.32 Å². The zero-order valence-electron chi connectivity index (χ0n) is 12.9. The van der Waals surface area contributed by atoms with Crippen LogP contribution in [-0.4, -0.2) is 32.9 Å². The predicted molar refractivity (Wildman–Crippen MR) is 85.7 cm³/mol. The first kappa shape index (κ1) is 16.6. The van der Waals surface area contributed by atoms with Crippen molar-refractivity contribution in [3.05, 3.63) is 41.5 Å². The van der Waals surface area contributed by atoms with Crippen molar-refractivity contribution in [1.82, 2.24) is 5.32 Å². The van der Waals surface area contributed by atoms with Gasteiger partial charge in [0.05, 0.1) is 0 Å². The number of phenols is 3. The molecule has 2 rings (SSSR count). The number of nitrogens with one attached hydrogen (secondary N) is 1. The summed E-state index contributed by atoms with van der Waals surface area (Å²) in [5, 5.41) is 42.3. The Morgan fingerprint density at radius 3 is 2.43 bits per heavy atom. The Morgan fingerprint density at radius 2 is 1.83 bits per heavy atom. The Kier molecular flexibility index (Phi) is 4.76. The molecule has 0 fully saturated rings. The summed E-state index contributed by atoms with van der Waals surface area (Å²) < 4.78 is 0. The van der Waals surface area contributed by atoms with Crippen molar-refractivity contribution in [2.45, 2.75) is 19.9 Å². The molecule has 0 aliphatic heterocycles. The van der Waals surface area contributed by atoms with Gasteiger partial charge in [-0.2, -0.15) is 0 Å². The largest absolute Gasteiger partial charge is 0.508 e. The number of aliphatic carboxylic acids is 1. The van der Waals surface area contributed by atoms with Gasteiger partial charge in [0.2, 0.25) is 0 Å². The minimum absolute atomic E-state index is 0.0847. The Labute approximate surface area is 133 Å². The van der Waals surface area contributed by atoms with E-state index in [2.05, 4.69) is 5.32 Å². The van der Waals surface area contributed by atoms with Crippen LogP contribution in [0.25, 0.3) is 11.1 Å². The maximum Gasteiger partial charge on any atom is 0.325 e. The van der Waals surface area contributed by atoms with Gasteiger partial charge in [-0.15, -0.1) is 0 Å². The van der Waals surface area contributed by atoms with Crippen molar-refractivity contribution >= 4 is 5.97 Å². The number of hydrogen-bond donors (Lipinski definition) is 5. The molecular weight excluding hydrogens is 298 g/mol. The number of rotatable bonds is 5. The van der Waals surface area contributed by atoms with Crippen LogP contribution in [0.1, 0.15) is 24.1 Å². The smallest absolute Gasteiger partial charge is 0.325 e.